The number of urea groups is 1. The van der Waals surface area contributed by atoms with Crippen LogP contribution in [0.25, 0.3) is 0 Å². The summed E-state index contributed by atoms with van der Waals surface area (Å²) in [7, 11) is 0. The Morgan fingerprint density at radius 1 is 0.809 bits per heavy atom. The second-order valence-corrected chi connectivity index (χ2v) is 16.4. The van der Waals surface area contributed by atoms with Crippen LogP contribution in [0.5, 0.6) is 0 Å². The van der Waals surface area contributed by atoms with Crippen molar-refractivity contribution in [3.63, 3.8) is 0 Å². The third-order valence-electron chi connectivity index (χ3n) is 7.83. The molecule has 5 amide bonds. The first-order chi connectivity index (χ1) is 20.9. The zero-order chi connectivity index (χ0) is 37.1. The SMILES string of the molecule is CC(C)(C)OC(=O)[C@@H](NC(=O)N[C@H](C(=O)N1CC[C@H](C(C)(C)C)[C@H]1C(=O)NC(CCC(F)(F)F)C(=O)C(N)=O)C(C)(C)C)C(C)(C)C. The average molecular weight is 678 g/mol. The van der Waals surface area contributed by atoms with Gasteiger partial charge in [-0.15, -0.1) is 0 Å². The van der Waals surface area contributed by atoms with Gasteiger partial charge in [-0.25, -0.2) is 9.59 Å². The molecule has 270 valence electrons. The molecule has 0 aliphatic carbocycles. The molecule has 0 saturated carbocycles. The van der Waals surface area contributed by atoms with Crippen LogP contribution < -0.4 is 21.7 Å². The van der Waals surface area contributed by atoms with E-state index in [0.717, 1.165) is 0 Å². The first-order valence-corrected chi connectivity index (χ1v) is 15.7. The van der Waals surface area contributed by atoms with E-state index < -0.39 is 106 Å². The molecule has 12 nitrogen and oxygen atoms in total. The highest BCUT2D eigenvalue weighted by atomic mass is 19.4. The maximum atomic E-state index is 14.2. The monoisotopic (exact) mass is 677 g/mol. The zero-order valence-corrected chi connectivity index (χ0v) is 29.7. The van der Waals surface area contributed by atoms with E-state index in [4.69, 9.17) is 10.5 Å². The van der Waals surface area contributed by atoms with Crippen LogP contribution in [-0.2, 0) is 28.7 Å². The van der Waals surface area contributed by atoms with Gasteiger partial charge >= 0.3 is 18.2 Å². The molecule has 1 rings (SSSR count). The average Bonchev–Trinajstić information content (AvgIpc) is 3.30. The lowest BCUT2D eigenvalue weighted by molar-refractivity contribution is -0.160. The number of halogens is 3. The van der Waals surface area contributed by atoms with E-state index in [-0.39, 0.29) is 6.54 Å². The molecule has 5 N–H and O–H groups in total. The number of esters is 1. The number of nitrogens with two attached hydrogens (primary N) is 1. The zero-order valence-electron chi connectivity index (χ0n) is 29.7. The number of hydrogen-bond donors (Lipinski definition) is 4. The maximum Gasteiger partial charge on any atom is 0.389 e. The Morgan fingerprint density at radius 3 is 1.70 bits per heavy atom. The number of rotatable bonds is 10. The van der Waals surface area contributed by atoms with Crippen molar-refractivity contribution in [2.24, 2.45) is 27.9 Å². The van der Waals surface area contributed by atoms with Crippen molar-refractivity contribution in [3.8, 4) is 0 Å². The van der Waals surface area contributed by atoms with Gasteiger partial charge in [0.25, 0.3) is 5.91 Å². The Balaban J connectivity index is 3.45. The van der Waals surface area contributed by atoms with Crippen molar-refractivity contribution in [3.05, 3.63) is 0 Å². The van der Waals surface area contributed by atoms with Gasteiger partial charge in [-0.05, 0) is 55.8 Å². The van der Waals surface area contributed by atoms with E-state index >= 15 is 0 Å². The molecular formula is C32H54F3N5O7. The number of hydrogen-bond acceptors (Lipinski definition) is 7. The summed E-state index contributed by atoms with van der Waals surface area (Å²) in [5.74, 6) is -5.66. The smallest absolute Gasteiger partial charge is 0.389 e. The molecule has 1 fully saturated rings. The largest absolute Gasteiger partial charge is 0.458 e. The standard InChI is InChI=1S/C32H54F3N5O7/c1-28(2,3)17-14-16-40(19(17)24(43)37-18(20(41)23(36)42)13-15-32(33,34)35)25(44)21(29(4,5)6)38-27(46)39-22(30(7,8)9)26(45)47-31(10,11)12/h17-19,21-22H,13-16H2,1-12H3,(H2,36,42)(H,37,43)(H2,38,39,46)/t17-,18?,19-,21+,22+/m0/s1. The van der Waals surface area contributed by atoms with E-state index in [0.29, 0.717) is 6.42 Å². The molecule has 47 heavy (non-hydrogen) atoms. The lowest BCUT2D eigenvalue weighted by Gasteiger charge is -2.39. The second kappa shape index (κ2) is 14.8. The summed E-state index contributed by atoms with van der Waals surface area (Å²) in [5, 5.41) is 7.54. The lowest BCUT2D eigenvalue weighted by Crippen LogP contribution is -2.62. The Kier molecular flexibility index (Phi) is 13.1. The molecule has 0 aromatic rings. The molecular weight excluding hydrogens is 623 g/mol. The molecule has 1 aliphatic heterocycles. The van der Waals surface area contributed by atoms with Crippen LogP contribution in [0, 0.1) is 22.2 Å². The van der Waals surface area contributed by atoms with E-state index in [1.165, 1.54) is 4.90 Å². The van der Waals surface area contributed by atoms with Gasteiger partial charge in [-0.3, -0.25) is 19.2 Å². The van der Waals surface area contributed by atoms with Crippen LogP contribution in [0.15, 0.2) is 0 Å². The topological polar surface area (TPSA) is 177 Å². The minimum absolute atomic E-state index is 0.0637. The molecule has 0 bridgehead atoms. The van der Waals surface area contributed by atoms with Gasteiger partial charge in [-0.1, -0.05) is 62.3 Å². The predicted molar refractivity (Wildman–Crippen MR) is 168 cm³/mol. The molecule has 1 saturated heterocycles. The summed E-state index contributed by atoms with van der Waals surface area (Å²) in [4.78, 5) is 79.6. The number of primary amides is 1. The van der Waals surface area contributed by atoms with Gasteiger partial charge in [0.2, 0.25) is 17.6 Å². The molecule has 0 spiro atoms. The summed E-state index contributed by atoms with van der Waals surface area (Å²) < 4.78 is 44.5. The molecule has 0 aromatic carbocycles. The fraction of sp³-hybridized carbons (Fsp3) is 0.812. The van der Waals surface area contributed by atoms with Crippen LogP contribution >= 0.6 is 0 Å². The molecule has 15 heteroatoms. The molecule has 0 aromatic heterocycles. The third-order valence-corrected chi connectivity index (χ3v) is 7.83. The summed E-state index contributed by atoms with van der Waals surface area (Å²) in [5.41, 5.74) is 1.96. The highest BCUT2D eigenvalue weighted by Crippen LogP contribution is 2.40. The van der Waals surface area contributed by atoms with Crippen LogP contribution in [0.3, 0.4) is 0 Å². The minimum atomic E-state index is -4.67. The number of likely N-dealkylation sites (tertiary alicyclic amines) is 1. The Labute approximate surface area is 275 Å². The number of nitrogens with zero attached hydrogens (tertiary/aromatic N) is 1. The summed E-state index contributed by atoms with van der Waals surface area (Å²) in [6.07, 6.45) is -6.72. The minimum Gasteiger partial charge on any atom is -0.458 e. The molecule has 5 atom stereocenters. The third kappa shape index (κ3) is 12.6. The fourth-order valence-electron chi connectivity index (χ4n) is 5.38. The van der Waals surface area contributed by atoms with Crippen molar-refractivity contribution in [2.45, 2.75) is 138 Å². The number of amides is 5. The van der Waals surface area contributed by atoms with Gasteiger partial charge in [-0.2, -0.15) is 13.2 Å². The van der Waals surface area contributed by atoms with E-state index in [2.05, 4.69) is 16.0 Å². The highest BCUT2D eigenvalue weighted by molar-refractivity contribution is 6.37. The van der Waals surface area contributed by atoms with E-state index in [1.807, 2.05) is 20.8 Å². The van der Waals surface area contributed by atoms with Crippen LogP contribution in [0.1, 0.15) is 102 Å². The Hall–Kier alpha value is -3.39. The normalized spacial score (nSPS) is 19.7. The summed E-state index contributed by atoms with van der Waals surface area (Å²) in [6, 6.07) is -6.27. The number of ketones is 1. The van der Waals surface area contributed by atoms with Gasteiger partial charge in [0.15, 0.2) is 0 Å². The van der Waals surface area contributed by atoms with Crippen LogP contribution in [-0.4, -0.2) is 82.9 Å². The fourth-order valence-corrected chi connectivity index (χ4v) is 5.38. The number of carbonyl (C=O) groups excluding carboxylic acids is 6. The molecule has 1 unspecified atom stereocenters. The predicted octanol–water partition coefficient (Wildman–Crippen LogP) is 3.60. The summed E-state index contributed by atoms with van der Waals surface area (Å²) >= 11 is 0. The van der Waals surface area contributed by atoms with Crippen molar-refractivity contribution < 1.29 is 46.7 Å². The Morgan fingerprint density at radius 2 is 1.30 bits per heavy atom. The number of Topliss-reactive ketones (excluding diaryl/α,β-unsaturated/α-hetero) is 1. The molecule has 1 aliphatic rings. The first kappa shape index (κ1) is 41.6. The second-order valence-electron chi connectivity index (χ2n) is 16.4. The van der Waals surface area contributed by atoms with Gasteiger partial charge in [0.05, 0.1) is 6.04 Å². The van der Waals surface area contributed by atoms with E-state index in [1.54, 1.807) is 62.3 Å². The van der Waals surface area contributed by atoms with Gasteiger partial charge in [0, 0.05) is 13.0 Å². The van der Waals surface area contributed by atoms with Crippen molar-refractivity contribution in [1.82, 2.24) is 20.9 Å². The quantitative estimate of drug-likeness (QED) is 0.202. The Bertz CT molecular complexity index is 1190. The number of nitrogens with one attached hydrogen (secondary N) is 3. The number of alkyl halides is 3. The van der Waals surface area contributed by atoms with E-state index in [9.17, 15) is 41.9 Å². The van der Waals surface area contributed by atoms with Gasteiger partial charge in [0.1, 0.15) is 23.7 Å². The summed E-state index contributed by atoms with van der Waals surface area (Å²) in [6.45, 7) is 20.9. The van der Waals surface area contributed by atoms with Crippen molar-refractivity contribution >= 4 is 35.5 Å². The maximum absolute atomic E-state index is 14.2. The van der Waals surface area contributed by atoms with Crippen LogP contribution in [0.4, 0.5) is 18.0 Å². The number of carbonyl (C=O) groups is 6. The molecule has 0 radical (unpaired) electrons. The molecule has 1 heterocycles. The first-order valence-electron chi connectivity index (χ1n) is 15.7. The van der Waals surface area contributed by atoms with Crippen molar-refractivity contribution in [1.29, 1.82) is 0 Å². The van der Waals surface area contributed by atoms with Crippen molar-refractivity contribution in [2.75, 3.05) is 6.54 Å². The van der Waals surface area contributed by atoms with Crippen LogP contribution in [0.2, 0.25) is 0 Å². The highest BCUT2D eigenvalue weighted by Gasteiger charge is 2.50. The lowest BCUT2D eigenvalue weighted by atomic mass is 9.75. The van der Waals surface area contributed by atoms with Gasteiger partial charge < -0.3 is 31.3 Å². The number of ether oxygens (including phenoxy) is 1.